The van der Waals surface area contributed by atoms with Gasteiger partial charge in [-0.15, -0.1) is 0 Å². The Morgan fingerprint density at radius 2 is 2.00 bits per heavy atom. The van der Waals surface area contributed by atoms with Crippen LogP contribution in [0.2, 0.25) is 0 Å². The Balaban J connectivity index is 2.15. The molecule has 1 aliphatic rings. The summed E-state index contributed by atoms with van der Waals surface area (Å²) in [6.07, 6.45) is 0. The van der Waals surface area contributed by atoms with Crippen LogP contribution >= 0.6 is 0 Å². The monoisotopic (exact) mass is 286 g/mol. The second-order valence-electron chi connectivity index (χ2n) is 4.17. The van der Waals surface area contributed by atoms with Crippen LogP contribution in [-0.4, -0.2) is 46.8 Å². The van der Waals surface area contributed by atoms with E-state index in [1.54, 1.807) is 6.07 Å². The molecule has 4 N–H and O–H groups in total. The van der Waals surface area contributed by atoms with E-state index in [1.165, 1.54) is 19.2 Å². The number of ether oxygens (including phenoxy) is 1. The quantitative estimate of drug-likeness (QED) is 0.665. The van der Waals surface area contributed by atoms with Gasteiger partial charge in [0.2, 0.25) is 10.0 Å². The highest BCUT2D eigenvalue weighted by Gasteiger charge is 2.15. The first-order chi connectivity index (χ1) is 9.03. The Morgan fingerprint density at radius 3 is 2.58 bits per heavy atom. The third-order valence-electron chi connectivity index (χ3n) is 2.89. The van der Waals surface area contributed by atoms with E-state index < -0.39 is 10.0 Å². The highest BCUT2D eigenvalue weighted by Crippen LogP contribution is 2.23. The molecule has 7 nitrogen and oxygen atoms in total. The molecule has 0 unspecified atom stereocenters. The minimum atomic E-state index is -3.46. The zero-order valence-electron chi connectivity index (χ0n) is 10.7. The molecule has 0 bridgehead atoms. The minimum Gasteiger partial charge on any atom is -0.397 e. The maximum atomic E-state index is 11.6. The van der Waals surface area contributed by atoms with Crippen molar-refractivity contribution < 1.29 is 13.2 Å². The van der Waals surface area contributed by atoms with Crippen LogP contribution in [0.25, 0.3) is 0 Å². The smallest absolute Gasteiger partial charge is 0.240 e. The molecule has 1 saturated heterocycles. The first kappa shape index (κ1) is 14.1. The zero-order valence-corrected chi connectivity index (χ0v) is 11.5. The number of nitrogens with two attached hydrogens (primary N) is 1. The number of hydrazine groups is 1. The van der Waals surface area contributed by atoms with Crippen molar-refractivity contribution in [3.05, 3.63) is 18.2 Å². The number of benzene rings is 1. The molecule has 19 heavy (non-hydrogen) atoms. The molecule has 0 atom stereocenters. The van der Waals surface area contributed by atoms with Gasteiger partial charge in [0, 0.05) is 13.1 Å². The first-order valence-corrected chi connectivity index (χ1v) is 7.43. The van der Waals surface area contributed by atoms with Crippen molar-refractivity contribution in [2.75, 3.05) is 44.5 Å². The number of hydrogen-bond donors (Lipinski definition) is 3. The summed E-state index contributed by atoms with van der Waals surface area (Å²) < 4.78 is 30.8. The highest BCUT2D eigenvalue weighted by atomic mass is 32.2. The number of hydrogen-bond acceptors (Lipinski definition) is 6. The predicted octanol–water partition coefficient (Wildman–Crippen LogP) is -0.164. The van der Waals surface area contributed by atoms with Gasteiger partial charge in [0.25, 0.3) is 0 Å². The van der Waals surface area contributed by atoms with E-state index in [4.69, 9.17) is 10.5 Å². The van der Waals surface area contributed by atoms with Crippen LogP contribution in [0.1, 0.15) is 0 Å². The summed E-state index contributed by atoms with van der Waals surface area (Å²) in [5.74, 6) is 0. The predicted molar refractivity (Wildman–Crippen MR) is 73.1 cm³/mol. The SMILES string of the molecule is CNS(=O)(=O)c1ccc(NN2CCOCC2)c(N)c1. The molecule has 0 spiro atoms. The summed E-state index contributed by atoms with van der Waals surface area (Å²) in [5, 5.41) is 1.99. The molecule has 0 amide bonds. The Bertz CT molecular complexity index is 541. The van der Waals surface area contributed by atoms with E-state index in [2.05, 4.69) is 10.1 Å². The van der Waals surface area contributed by atoms with Crippen LogP contribution < -0.4 is 15.9 Å². The maximum Gasteiger partial charge on any atom is 0.240 e. The molecule has 0 aliphatic carbocycles. The standard InChI is InChI=1S/C11H18N4O3S/c1-13-19(16,17)9-2-3-11(10(12)8-9)14-15-4-6-18-7-5-15/h2-3,8,13-14H,4-7,12H2,1H3. The fourth-order valence-electron chi connectivity index (χ4n) is 1.77. The lowest BCUT2D eigenvalue weighted by Gasteiger charge is -2.28. The lowest BCUT2D eigenvalue weighted by atomic mass is 10.3. The van der Waals surface area contributed by atoms with E-state index in [0.717, 1.165) is 13.1 Å². The van der Waals surface area contributed by atoms with Crippen LogP contribution in [0.3, 0.4) is 0 Å². The Labute approximate surface area is 112 Å². The van der Waals surface area contributed by atoms with Gasteiger partial charge in [0.15, 0.2) is 0 Å². The van der Waals surface area contributed by atoms with Crippen LogP contribution in [-0.2, 0) is 14.8 Å². The van der Waals surface area contributed by atoms with Crippen molar-refractivity contribution in [3.63, 3.8) is 0 Å². The normalized spacial score (nSPS) is 17.3. The number of nitrogens with one attached hydrogen (secondary N) is 2. The Morgan fingerprint density at radius 1 is 1.32 bits per heavy atom. The first-order valence-electron chi connectivity index (χ1n) is 5.95. The second kappa shape index (κ2) is 5.74. The number of anilines is 2. The average molecular weight is 286 g/mol. The van der Waals surface area contributed by atoms with E-state index in [9.17, 15) is 8.42 Å². The fourth-order valence-corrected chi connectivity index (χ4v) is 2.54. The van der Waals surface area contributed by atoms with E-state index >= 15 is 0 Å². The molecule has 1 fully saturated rings. The highest BCUT2D eigenvalue weighted by molar-refractivity contribution is 7.89. The molecule has 1 aromatic carbocycles. The van der Waals surface area contributed by atoms with Crippen molar-refractivity contribution in [3.8, 4) is 0 Å². The van der Waals surface area contributed by atoms with Crippen molar-refractivity contribution in [2.24, 2.45) is 0 Å². The van der Waals surface area contributed by atoms with Crippen molar-refractivity contribution in [1.82, 2.24) is 9.73 Å². The van der Waals surface area contributed by atoms with Crippen LogP contribution in [0, 0.1) is 0 Å². The van der Waals surface area contributed by atoms with Gasteiger partial charge in [0.1, 0.15) is 0 Å². The van der Waals surface area contributed by atoms with Gasteiger partial charge < -0.3 is 15.9 Å². The molecule has 1 aromatic rings. The maximum absolute atomic E-state index is 11.6. The molecule has 0 aromatic heterocycles. The molecule has 0 radical (unpaired) electrons. The molecule has 0 saturated carbocycles. The van der Waals surface area contributed by atoms with Gasteiger partial charge in [-0.1, -0.05) is 0 Å². The minimum absolute atomic E-state index is 0.153. The molecule has 1 aliphatic heterocycles. The van der Waals surface area contributed by atoms with Gasteiger partial charge >= 0.3 is 0 Å². The number of nitrogens with zero attached hydrogens (tertiary/aromatic N) is 1. The topological polar surface area (TPSA) is 96.7 Å². The van der Waals surface area contributed by atoms with Gasteiger partial charge in [-0.2, -0.15) is 0 Å². The van der Waals surface area contributed by atoms with Crippen molar-refractivity contribution in [1.29, 1.82) is 0 Å². The third kappa shape index (κ3) is 3.35. The summed E-state index contributed by atoms with van der Waals surface area (Å²) in [6, 6.07) is 4.62. The number of rotatable bonds is 4. The summed E-state index contributed by atoms with van der Waals surface area (Å²) in [7, 11) is -2.10. The van der Waals surface area contributed by atoms with Gasteiger partial charge in [0.05, 0.1) is 29.5 Å². The molecule has 2 rings (SSSR count). The van der Waals surface area contributed by atoms with Gasteiger partial charge in [-0.05, 0) is 25.2 Å². The van der Waals surface area contributed by atoms with E-state index in [0.29, 0.717) is 24.6 Å². The molecular weight excluding hydrogens is 268 g/mol. The van der Waals surface area contributed by atoms with Crippen LogP contribution in [0.15, 0.2) is 23.1 Å². The lowest BCUT2D eigenvalue weighted by Crippen LogP contribution is -2.40. The molecular formula is C11H18N4O3S. The molecule has 106 valence electrons. The number of nitrogen functional groups attached to an aromatic ring is 1. The average Bonchev–Trinajstić information content (AvgIpc) is 2.42. The molecule has 8 heteroatoms. The number of sulfonamides is 1. The number of morpholine rings is 1. The van der Waals surface area contributed by atoms with Crippen molar-refractivity contribution in [2.45, 2.75) is 4.90 Å². The zero-order chi connectivity index (χ0) is 13.9. The summed E-state index contributed by atoms with van der Waals surface area (Å²) in [6.45, 7) is 2.85. The lowest BCUT2D eigenvalue weighted by molar-refractivity contribution is 0.0497. The summed E-state index contributed by atoms with van der Waals surface area (Å²) >= 11 is 0. The third-order valence-corrected chi connectivity index (χ3v) is 4.30. The summed E-state index contributed by atoms with van der Waals surface area (Å²) in [5.41, 5.74) is 10.1. The summed E-state index contributed by atoms with van der Waals surface area (Å²) in [4.78, 5) is 0.153. The van der Waals surface area contributed by atoms with Crippen LogP contribution in [0.4, 0.5) is 11.4 Å². The van der Waals surface area contributed by atoms with E-state index in [-0.39, 0.29) is 4.90 Å². The van der Waals surface area contributed by atoms with Crippen LogP contribution in [0.5, 0.6) is 0 Å². The fraction of sp³-hybridized carbons (Fsp3) is 0.455. The Kier molecular flexibility index (Phi) is 4.25. The van der Waals surface area contributed by atoms with E-state index in [1.807, 2.05) is 5.01 Å². The second-order valence-corrected chi connectivity index (χ2v) is 6.05. The van der Waals surface area contributed by atoms with Gasteiger partial charge in [-0.25, -0.2) is 18.1 Å². The van der Waals surface area contributed by atoms with Gasteiger partial charge in [-0.3, -0.25) is 0 Å². The Hall–Kier alpha value is -1.35. The molecule has 1 heterocycles. The van der Waals surface area contributed by atoms with Crippen molar-refractivity contribution >= 4 is 21.4 Å². The largest absolute Gasteiger partial charge is 0.397 e.